The summed E-state index contributed by atoms with van der Waals surface area (Å²) in [5.41, 5.74) is 4.13. The van der Waals surface area contributed by atoms with Gasteiger partial charge in [0.2, 0.25) is 5.89 Å². The quantitative estimate of drug-likeness (QED) is 0.469. The lowest BCUT2D eigenvalue weighted by Gasteiger charge is -2.20. The van der Waals surface area contributed by atoms with Gasteiger partial charge in [0.15, 0.2) is 5.65 Å². The van der Waals surface area contributed by atoms with Gasteiger partial charge in [-0.2, -0.15) is 0 Å². The molecule has 164 valence electrons. The molecule has 0 radical (unpaired) electrons. The van der Waals surface area contributed by atoms with Crippen LogP contribution in [0.4, 0.5) is 0 Å². The van der Waals surface area contributed by atoms with Gasteiger partial charge in [0.1, 0.15) is 23.5 Å². The normalized spacial score (nSPS) is 15.7. The fourth-order valence-corrected chi connectivity index (χ4v) is 4.31. The minimum atomic E-state index is -0.109. The molecule has 5 rings (SSSR count). The summed E-state index contributed by atoms with van der Waals surface area (Å²) in [6.45, 7) is 6.87. The molecule has 0 unspecified atom stereocenters. The molecule has 3 aromatic heterocycles. The molecule has 0 spiro atoms. The Bertz CT molecular complexity index is 1360. The summed E-state index contributed by atoms with van der Waals surface area (Å²) in [5, 5.41) is 0.559. The van der Waals surface area contributed by atoms with Crippen LogP contribution in [0, 0.1) is 12.8 Å². The van der Waals surface area contributed by atoms with Crippen LogP contribution in [-0.4, -0.2) is 26.1 Å². The lowest BCUT2D eigenvalue weighted by Crippen LogP contribution is -2.23. The van der Waals surface area contributed by atoms with Crippen LogP contribution < -0.4 is 10.3 Å². The highest BCUT2D eigenvalue weighted by Gasteiger charge is 2.20. The Morgan fingerprint density at radius 1 is 1.25 bits per heavy atom. The van der Waals surface area contributed by atoms with Crippen LogP contribution in [-0.2, 0) is 19.4 Å². The van der Waals surface area contributed by atoms with Crippen LogP contribution >= 0.6 is 0 Å². The number of rotatable bonds is 5. The van der Waals surface area contributed by atoms with Crippen LogP contribution in [0.1, 0.15) is 43.0 Å². The van der Waals surface area contributed by atoms with E-state index in [0.717, 1.165) is 36.3 Å². The molecule has 1 aliphatic carbocycles. The van der Waals surface area contributed by atoms with Gasteiger partial charge in [-0.25, -0.2) is 15.0 Å². The molecular weight excluding hydrogens is 404 g/mol. The van der Waals surface area contributed by atoms with Crippen molar-refractivity contribution in [1.29, 1.82) is 0 Å². The minimum absolute atomic E-state index is 0.109. The number of hydrogen-bond acceptors (Lipinski definition) is 6. The Labute approximate surface area is 186 Å². The number of nitrogens with zero attached hydrogens (tertiary/aromatic N) is 4. The summed E-state index contributed by atoms with van der Waals surface area (Å²) in [5.74, 6) is 2.47. The van der Waals surface area contributed by atoms with Gasteiger partial charge >= 0.3 is 0 Å². The van der Waals surface area contributed by atoms with Crippen LogP contribution in [0.15, 0.2) is 45.9 Å². The van der Waals surface area contributed by atoms with E-state index in [4.69, 9.17) is 9.15 Å². The molecule has 3 heterocycles. The zero-order chi connectivity index (χ0) is 22.2. The van der Waals surface area contributed by atoms with E-state index in [9.17, 15) is 4.79 Å². The number of para-hydroxylation sites is 1. The SMILES string of the molecule is CCOc1ccccc1-c1nc(Cn2cnc3nc4c(cc3c2=O)C[C@@H](C)CC4)c(C)o1. The summed E-state index contributed by atoms with van der Waals surface area (Å²) in [4.78, 5) is 27.0. The van der Waals surface area contributed by atoms with Gasteiger partial charge in [-0.3, -0.25) is 9.36 Å². The first-order chi connectivity index (χ1) is 15.5. The van der Waals surface area contributed by atoms with Crippen LogP contribution in [0.2, 0.25) is 0 Å². The first kappa shape index (κ1) is 20.4. The predicted octanol–water partition coefficient (Wildman–Crippen LogP) is 4.33. The third kappa shape index (κ3) is 3.68. The molecule has 0 saturated heterocycles. The molecule has 7 heteroatoms. The Balaban J connectivity index is 1.50. The van der Waals surface area contributed by atoms with Crippen molar-refractivity contribution in [2.45, 2.75) is 46.6 Å². The second-order valence-corrected chi connectivity index (χ2v) is 8.44. The van der Waals surface area contributed by atoms with Gasteiger partial charge in [0.25, 0.3) is 5.56 Å². The first-order valence-electron chi connectivity index (χ1n) is 11.1. The van der Waals surface area contributed by atoms with E-state index in [1.807, 2.05) is 44.2 Å². The maximum Gasteiger partial charge on any atom is 0.263 e. The zero-order valence-electron chi connectivity index (χ0n) is 18.6. The third-order valence-corrected chi connectivity index (χ3v) is 6.05. The smallest absolute Gasteiger partial charge is 0.263 e. The van der Waals surface area contributed by atoms with E-state index >= 15 is 0 Å². The molecule has 1 aliphatic rings. The largest absolute Gasteiger partial charge is 0.493 e. The molecule has 1 aromatic carbocycles. The van der Waals surface area contributed by atoms with E-state index in [2.05, 4.69) is 21.9 Å². The number of ether oxygens (including phenoxy) is 1. The highest BCUT2D eigenvalue weighted by atomic mass is 16.5. The van der Waals surface area contributed by atoms with Crippen molar-refractivity contribution in [2.75, 3.05) is 6.61 Å². The van der Waals surface area contributed by atoms with Crippen molar-refractivity contribution in [3.63, 3.8) is 0 Å². The molecule has 32 heavy (non-hydrogen) atoms. The number of hydrogen-bond donors (Lipinski definition) is 0. The van der Waals surface area contributed by atoms with E-state index in [0.29, 0.717) is 40.9 Å². The highest BCUT2D eigenvalue weighted by Crippen LogP contribution is 2.31. The van der Waals surface area contributed by atoms with Crippen LogP contribution in [0.25, 0.3) is 22.5 Å². The van der Waals surface area contributed by atoms with Crippen LogP contribution in [0.5, 0.6) is 5.75 Å². The van der Waals surface area contributed by atoms with Crippen molar-refractivity contribution in [1.82, 2.24) is 19.5 Å². The highest BCUT2D eigenvalue weighted by molar-refractivity contribution is 5.74. The van der Waals surface area contributed by atoms with Gasteiger partial charge in [-0.1, -0.05) is 19.1 Å². The second-order valence-electron chi connectivity index (χ2n) is 8.44. The fraction of sp³-hybridized carbons (Fsp3) is 0.360. The Hall–Kier alpha value is -3.48. The summed E-state index contributed by atoms with van der Waals surface area (Å²) in [7, 11) is 0. The predicted molar refractivity (Wildman–Crippen MR) is 122 cm³/mol. The average Bonchev–Trinajstić information content (AvgIpc) is 3.15. The van der Waals surface area contributed by atoms with Crippen molar-refractivity contribution in [3.05, 3.63) is 69.7 Å². The number of benzene rings is 1. The van der Waals surface area contributed by atoms with Gasteiger partial charge in [0, 0.05) is 5.69 Å². The van der Waals surface area contributed by atoms with Crippen molar-refractivity contribution >= 4 is 11.0 Å². The molecule has 4 aromatic rings. The Kier molecular flexibility index (Phi) is 5.25. The van der Waals surface area contributed by atoms with E-state index in [1.54, 1.807) is 10.9 Å². The lowest BCUT2D eigenvalue weighted by atomic mass is 9.87. The van der Waals surface area contributed by atoms with Crippen LogP contribution in [0.3, 0.4) is 0 Å². The zero-order valence-corrected chi connectivity index (χ0v) is 18.6. The molecule has 0 aliphatic heterocycles. The Morgan fingerprint density at radius 3 is 2.94 bits per heavy atom. The lowest BCUT2D eigenvalue weighted by molar-refractivity contribution is 0.340. The summed E-state index contributed by atoms with van der Waals surface area (Å²) < 4.78 is 13.2. The maximum absolute atomic E-state index is 13.2. The van der Waals surface area contributed by atoms with E-state index in [1.165, 1.54) is 5.56 Å². The molecule has 0 fully saturated rings. The molecular formula is C25H26N4O3. The number of oxazole rings is 1. The summed E-state index contributed by atoms with van der Waals surface area (Å²) in [6, 6.07) is 9.63. The first-order valence-corrected chi connectivity index (χ1v) is 11.1. The van der Waals surface area contributed by atoms with Gasteiger partial charge < -0.3 is 9.15 Å². The van der Waals surface area contributed by atoms with E-state index < -0.39 is 0 Å². The van der Waals surface area contributed by atoms with Crippen molar-refractivity contribution in [2.24, 2.45) is 5.92 Å². The standard InChI is InChI=1S/C25H26N4O3/c1-4-31-22-8-6-5-7-18(22)24-28-21(16(3)32-24)13-29-14-26-23-19(25(29)30)12-17-11-15(2)9-10-20(17)27-23/h5-8,12,14-15H,4,9-11,13H2,1-3H3/t15-/m0/s1. The molecule has 0 saturated carbocycles. The molecule has 0 amide bonds. The van der Waals surface area contributed by atoms with Gasteiger partial charge in [-0.05, 0) is 62.8 Å². The minimum Gasteiger partial charge on any atom is -0.493 e. The third-order valence-electron chi connectivity index (χ3n) is 6.05. The number of pyridine rings is 1. The van der Waals surface area contributed by atoms with Gasteiger partial charge in [-0.15, -0.1) is 0 Å². The van der Waals surface area contributed by atoms with E-state index in [-0.39, 0.29) is 12.1 Å². The molecule has 0 bridgehead atoms. The molecule has 1 atom stereocenters. The molecule has 7 nitrogen and oxygen atoms in total. The van der Waals surface area contributed by atoms with Crippen molar-refractivity contribution in [3.8, 4) is 17.2 Å². The number of fused-ring (bicyclic) bond motifs is 2. The molecule has 0 N–H and O–H groups in total. The monoisotopic (exact) mass is 430 g/mol. The summed E-state index contributed by atoms with van der Waals surface area (Å²) in [6.07, 6.45) is 4.58. The number of aromatic nitrogens is 4. The second kappa shape index (κ2) is 8.22. The van der Waals surface area contributed by atoms with Gasteiger partial charge in [0.05, 0.1) is 24.1 Å². The Morgan fingerprint density at radius 2 is 2.09 bits per heavy atom. The maximum atomic E-state index is 13.2. The number of aryl methyl sites for hydroxylation is 2. The topological polar surface area (TPSA) is 83.0 Å². The average molecular weight is 431 g/mol. The van der Waals surface area contributed by atoms with Crippen molar-refractivity contribution < 1.29 is 9.15 Å². The summed E-state index contributed by atoms with van der Waals surface area (Å²) >= 11 is 0. The fourth-order valence-electron chi connectivity index (χ4n) is 4.31.